The van der Waals surface area contributed by atoms with Crippen LogP contribution < -0.4 is 5.73 Å². The Morgan fingerprint density at radius 2 is 2.00 bits per heavy atom. The molecule has 0 aliphatic carbocycles. The van der Waals surface area contributed by atoms with Gasteiger partial charge in [-0.2, -0.15) is 20.5 Å². The molecule has 0 bridgehead atoms. The second-order valence-electron chi connectivity index (χ2n) is 7.17. The molecule has 1 atom stereocenters. The van der Waals surface area contributed by atoms with E-state index >= 15 is 4.39 Å². The van der Waals surface area contributed by atoms with Crippen LogP contribution >= 0.6 is 11.8 Å². The van der Waals surface area contributed by atoms with Crippen molar-refractivity contribution in [3.05, 3.63) is 71.4 Å². The van der Waals surface area contributed by atoms with Gasteiger partial charge >= 0.3 is 12.5 Å². The Morgan fingerprint density at radius 3 is 2.65 bits per heavy atom. The van der Waals surface area contributed by atoms with Crippen molar-refractivity contribution in [3.63, 3.8) is 0 Å². The number of aromatic nitrogens is 2. The Labute approximate surface area is 180 Å². The van der Waals surface area contributed by atoms with Gasteiger partial charge in [0.05, 0.1) is 5.54 Å². The molecule has 0 radical (unpaired) electrons. The zero-order chi connectivity index (χ0) is 22.0. The monoisotopic (exact) mass is 448 g/mol. The van der Waals surface area contributed by atoms with Gasteiger partial charge < -0.3 is 15.1 Å². The third-order valence-electron chi connectivity index (χ3n) is 5.30. The number of rotatable bonds is 5. The number of nitrogens with zero attached hydrogens (tertiary/aromatic N) is 3. The fraction of sp³-hybridized carbons (Fsp3) is 0.286. The number of amides is 2. The van der Waals surface area contributed by atoms with Crippen molar-refractivity contribution in [2.24, 2.45) is 5.73 Å². The van der Waals surface area contributed by atoms with Gasteiger partial charge in [0.1, 0.15) is 5.82 Å². The Bertz CT molecular complexity index is 1080. The van der Waals surface area contributed by atoms with E-state index in [0.717, 1.165) is 11.3 Å². The van der Waals surface area contributed by atoms with Crippen LogP contribution in [0.25, 0.3) is 11.5 Å². The molecular weight excluding hydrogens is 429 g/mol. The number of nitrogens with two attached hydrogens (primary N) is 1. The summed E-state index contributed by atoms with van der Waals surface area (Å²) in [4.78, 5) is 13.9. The van der Waals surface area contributed by atoms with E-state index in [1.807, 2.05) is 30.3 Å². The van der Waals surface area contributed by atoms with Crippen LogP contribution in [0.1, 0.15) is 23.4 Å². The summed E-state index contributed by atoms with van der Waals surface area (Å²) in [6, 6.07) is 13.1. The lowest BCUT2D eigenvalue weighted by atomic mass is 9.83. The number of alkyl halides is 2. The van der Waals surface area contributed by atoms with Crippen LogP contribution in [0.4, 0.5) is 18.0 Å². The highest BCUT2D eigenvalue weighted by atomic mass is 32.2. The second-order valence-corrected chi connectivity index (χ2v) is 8.27. The molecule has 4 rings (SSSR count). The molecule has 2 amide bonds. The topological polar surface area (TPSA) is 85.3 Å². The highest BCUT2D eigenvalue weighted by molar-refractivity contribution is 7.99. The van der Waals surface area contributed by atoms with Crippen LogP contribution in [0.3, 0.4) is 0 Å². The zero-order valence-electron chi connectivity index (χ0n) is 16.3. The largest absolute Gasteiger partial charge is 0.415 e. The maximum absolute atomic E-state index is 15.1. The summed E-state index contributed by atoms with van der Waals surface area (Å²) in [6.45, 7) is 0.451. The van der Waals surface area contributed by atoms with Crippen LogP contribution in [0.2, 0.25) is 0 Å². The van der Waals surface area contributed by atoms with Crippen LogP contribution in [0.15, 0.2) is 52.9 Å². The summed E-state index contributed by atoms with van der Waals surface area (Å²) in [7, 11) is 0. The number of carbonyl (C=O) groups excluding carboxylic acids is 1. The standard InChI is InChI=1S/C21H19F3N4O2S/c22-16-10-13(18-26-27-19(30-18)17(23)24)6-7-14(16)11-21(15-4-2-1-3-5-15)12-31-9-8-28(21)20(25)29/h1-7,10,17H,8-9,11-12H2,(H2,25,29). The van der Waals surface area contributed by atoms with E-state index in [4.69, 9.17) is 10.2 Å². The molecule has 0 spiro atoms. The van der Waals surface area contributed by atoms with E-state index in [1.165, 1.54) is 12.1 Å². The number of halogens is 3. The van der Waals surface area contributed by atoms with Gasteiger partial charge in [0.2, 0.25) is 5.89 Å². The first-order chi connectivity index (χ1) is 14.9. The van der Waals surface area contributed by atoms with E-state index in [-0.39, 0.29) is 17.9 Å². The Balaban J connectivity index is 1.71. The fourth-order valence-electron chi connectivity index (χ4n) is 3.82. The van der Waals surface area contributed by atoms with Crippen LogP contribution in [0.5, 0.6) is 0 Å². The van der Waals surface area contributed by atoms with Gasteiger partial charge in [0.15, 0.2) is 0 Å². The molecule has 0 saturated carbocycles. The number of carbonyl (C=O) groups is 1. The molecule has 10 heteroatoms. The van der Waals surface area contributed by atoms with Crippen molar-refractivity contribution in [2.45, 2.75) is 18.4 Å². The van der Waals surface area contributed by atoms with Gasteiger partial charge in [-0.05, 0) is 23.3 Å². The molecule has 162 valence electrons. The lowest BCUT2D eigenvalue weighted by Gasteiger charge is -2.46. The first-order valence-corrected chi connectivity index (χ1v) is 10.7. The van der Waals surface area contributed by atoms with E-state index in [0.29, 0.717) is 17.9 Å². The molecule has 2 heterocycles. The third kappa shape index (κ3) is 4.12. The van der Waals surface area contributed by atoms with Gasteiger partial charge in [-0.1, -0.05) is 36.4 Å². The minimum absolute atomic E-state index is 0.189. The molecule has 2 N–H and O–H groups in total. The minimum Gasteiger partial charge on any atom is -0.415 e. The average Bonchev–Trinajstić information content (AvgIpc) is 3.27. The Morgan fingerprint density at radius 1 is 1.23 bits per heavy atom. The molecule has 3 aromatic rings. The average molecular weight is 448 g/mol. The number of benzene rings is 2. The van der Waals surface area contributed by atoms with Gasteiger partial charge in [0, 0.05) is 30.0 Å². The molecular formula is C21H19F3N4O2S. The van der Waals surface area contributed by atoms with Crippen LogP contribution in [-0.2, 0) is 12.0 Å². The van der Waals surface area contributed by atoms with E-state index in [2.05, 4.69) is 10.2 Å². The Hall–Kier alpha value is -3.01. The first-order valence-electron chi connectivity index (χ1n) is 9.51. The van der Waals surface area contributed by atoms with Crippen LogP contribution in [0, 0.1) is 5.82 Å². The van der Waals surface area contributed by atoms with Gasteiger partial charge in [-0.15, -0.1) is 10.2 Å². The SMILES string of the molecule is NC(=O)N1CCSCC1(Cc1ccc(-c2nnc(C(F)F)o2)cc1F)c1ccccc1. The molecule has 2 aromatic carbocycles. The second kappa shape index (κ2) is 8.62. The maximum Gasteiger partial charge on any atom is 0.315 e. The summed E-state index contributed by atoms with van der Waals surface area (Å²) in [5.41, 5.74) is 6.29. The number of thioether (sulfide) groups is 1. The van der Waals surface area contributed by atoms with E-state index in [9.17, 15) is 13.6 Å². The normalized spacial score (nSPS) is 19.0. The number of primary amides is 1. The molecule has 1 aromatic heterocycles. The van der Waals surface area contributed by atoms with Crippen molar-refractivity contribution in [1.29, 1.82) is 0 Å². The van der Waals surface area contributed by atoms with Crippen molar-refractivity contribution < 1.29 is 22.4 Å². The molecule has 31 heavy (non-hydrogen) atoms. The highest BCUT2D eigenvalue weighted by Gasteiger charge is 2.43. The number of hydrogen-bond acceptors (Lipinski definition) is 5. The van der Waals surface area contributed by atoms with Gasteiger partial charge in [0.25, 0.3) is 5.89 Å². The molecule has 1 aliphatic heterocycles. The minimum atomic E-state index is -2.90. The fourth-order valence-corrected chi connectivity index (χ4v) is 5.04. The summed E-state index contributed by atoms with van der Waals surface area (Å²) in [5.74, 6) is -0.278. The lowest BCUT2D eigenvalue weighted by molar-refractivity contribution is 0.116. The predicted molar refractivity (Wildman–Crippen MR) is 110 cm³/mol. The Kier molecular flexibility index (Phi) is 5.90. The summed E-state index contributed by atoms with van der Waals surface area (Å²) >= 11 is 1.67. The molecule has 1 saturated heterocycles. The van der Waals surface area contributed by atoms with Crippen molar-refractivity contribution in [2.75, 3.05) is 18.1 Å². The molecule has 1 unspecified atom stereocenters. The molecule has 1 fully saturated rings. The highest BCUT2D eigenvalue weighted by Crippen LogP contribution is 2.40. The lowest BCUT2D eigenvalue weighted by Crippen LogP contribution is -2.57. The number of hydrogen-bond donors (Lipinski definition) is 1. The van der Waals surface area contributed by atoms with Crippen LogP contribution in [-0.4, -0.2) is 39.2 Å². The maximum atomic E-state index is 15.1. The summed E-state index contributed by atoms with van der Waals surface area (Å²) in [6.07, 6.45) is -2.70. The predicted octanol–water partition coefficient (Wildman–Crippen LogP) is 4.38. The third-order valence-corrected chi connectivity index (χ3v) is 6.46. The smallest absolute Gasteiger partial charge is 0.315 e. The molecule has 6 nitrogen and oxygen atoms in total. The summed E-state index contributed by atoms with van der Waals surface area (Å²) < 4.78 is 45.4. The van der Waals surface area contributed by atoms with Gasteiger partial charge in [-0.3, -0.25) is 0 Å². The number of urea groups is 1. The van der Waals surface area contributed by atoms with Crippen molar-refractivity contribution >= 4 is 17.8 Å². The quantitative estimate of drug-likeness (QED) is 0.626. The zero-order valence-corrected chi connectivity index (χ0v) is 17.1. The molecule has 1 aliphatic rings. The summed E-state index contributed by atoms with van der Waals surface area (Å²) in [5, 5.41) is 6.82. The van der Waals surface area contributed by atoms with Crippen molar-refractivity contribution in [1.82, 2.24) is 15.1 Å². The van der Waals surface area contributed by atoms with E-state index in [1.54, 1.807) is 22.7 Å². The first kappa shape index (κ1) is 21.2. The van der Waals surface area contributed by atoms with Gasteiger partial charge in [-0.25, -0.2) is 9.18 Å². The van der Waals surface area contributed by atoms with Crippen molar-refractivity contribution in [3.8, 4) is 11.5 Å². The van der Waals surface area contributed by atoms with E-state index < -0.39 is 29.7 Å².